The normalized spacial score (nSPS) is 12.7. The lowest BCUT2D eigenvalue weighted by Gasteiger charge is -2.26. The van der Waals surface area contributed by atoms with Crippen molar-refractivity contribution in [3.8, 4) is 0 Å². The molecule has 174 valence electrons. The van der Waals surface area contributed by atoms with E-state index in [0.717, 1.165) is 0 Å². The first kappa shape index (κ1) is 21.7. The van der Waals surface area contributed by atoms with Crippen LogP contribution < -0.4 is 0 Å². The summed E-state index contributed by atoms with van der Waals surface area (Å²) in [5, 5.41) is 15.0. The highest BCUT2D eigenvalue weighted by molar-refractivity contribution is 6.41. The van der Waals surface area contributed by atoms with E-state index >= 15 is 0 Å². The SMILES string of the molecule is Cc1c(C)c(C)c2c(C)c3c(c(C)c2c1C)[c-]1c(C)c(C)c2c(C)c(C)c4c(C)c(C)[c-]3c1c24. The summed E-state index contributed by atoms with van der Waals surface area (Å²) in [6, 6.07) is 0. The largest absolute Gasteiger partial charge is 0.184 e. The summed E-state index contributed by atoms with van der Waals surface area (Å²) in [5.41, 5.74) is 17.5. The van der Waals surface area contributed by atoms with Crippen LogP contribution >= 0.6 is 0 Å². The Kier molecular flexibility index (Phi) is 4.09. The molecular formula is C34H36-2. The molecule has 0 radical (unpaired) electrons. The third-order valence-corrected chi connectivity index (χ3v) is 10.1. The van der Waals surface area contributed by atoms with E-state index in [9.17, 15) is 0 Å². The minimum atomic E-state index is 1.44. The van der Waals surface area contributed by atoms with E-state index in [4.69, 9.17) is 0 Å². The summed E-state index contributed by atoms with van der Waals surface area (Å²) >= 11 is 0. The van der Waals surface area contributed by atoms with Crippen molar-refractivity contribution in [3.63, 3.8) is 0 Å². The van der Waals surface area contributed by atoms with Gasteiger partial charge in [0, 0.05) is 0 Å². The van der Waals surface area contributed by atoms with Crippen LogP contribution in [0.3, 0.4) is 0 Å². The van der Waals surface area contributed by atoms with Crippen molar-refractivity contribution in [2.24, 2.45) is 0 Å². The number of aryl methyl sites for hydroxylation is 10. The second-order valence-electron chi connectivity index (χ2n) is 11.2. The van der Waals surface area contributed by atoms with Crippen LogP contribution in [0.15, 0.2) is 0 Å². The van der Waals surface area contributed by atoms with Gasteiger partial charge in [0.15, 0.2) is 0 Å². The van der Waals surface area contributed by atoms with Gasteiger partial charge in [-0.2, -0.15) is 32.5 Å². The Balaban J connectivity index is 2.13. The molecule has 6 rings (SSSR count). The third kappa shape index (κ3) is 2.09. The predicted octanol–water partition coefficient (Wildman–Crippen LogP) is 10.0. The number of hydrogen-bond donors (Lipinski definition) is 0. The Morgan fingerprint density at radius 3 is 0.941 bits per heavy atom. The minimum absolute atomic E-state index is 1.44. The van der Waals surface area contributed by atoms with Crippen LogP contribution in [0.5, 0.6) is 0 Å². The molecule has 0 fully saturated rings. The zero-order chi connectivity index (χ0) is 24.7. The smallest absolute Gasteiger partial charge is 0.0365 e. The van der Waals surface area contributed by atoms with Crippen LogP contribution in [0.25, 0.3) is 53.9 Å². The summed E-state index contributed by atoms with van der Waals surface area (Å²) in [7, 11) is 0. The minimum Gasteiger partial charge on any atom is -0.184 e. The second kappa shape index (κ2) is 6.42. The predicted molar refractivity (Wildman–Crippen MR) is 153 cm³/mol. The lowest BCUT2D eigenvalue weighted by Crippen LogP contribution is -1.98. The van der Waals surface area contributed by atoms with E-state index in [0.29, 0.717) is 0 Å². The number of fused-ring (bicyclic) bond motifs is 4. The lowest BCUT2D eigenvalue weighted by atomic mass is 9.84. The van der Waals surface area contributed by atoms with E-state index in [-0.39, 0.29) is 0 Å². The molecule has 0 heterocycles. The molecule has 0 saturated heterocycles. The summed E-state index contributed by atoms with van der Waals surface area (Å²) in [5.74, 6) is 0. The standard InChI is InChI=1S/C34H36/c1-13-14(2)16(4)28-24(12)32-30-22(10)20(8)26-18(6)17(5)25-19(7)21(9)29(34(30)33(25)26)31(32)23(11)27(28)15(13)3/h1-12H3/q-2. The van der Waals surface area contributed by atoms with E-state index < -0.39 is 0 Å². The van der Waals surface area contributed by atoms with Crippen molar-refractivity contribution < 1.29 is 0 Å². The van der Waals surface area contributed by atoms with Crippen molar-refractivity contribution in [1.29, 1.82) is 0 Å². The molecule has 0 spiro atoms. The average molecular weight is 445 g/mol. The summed E-state index contributed by atoms with van der Waals surface area (Å²) < 4.78 is 0. The van der Waals surface area contributed by atoms with Crippen LogP contribution in [-0.4, -0.2) is 0 Å². The van der Waals surface area contributed by atoms with Crippen molar-refractivity contribution in [2.45, 2.75) is 83.1 Å². The Labute approximate surface area is 203 Å². The molecule has 0 bridgehead atoms. The Morgan fingerprint density at radius 1 is 0.294 bits per heavy atom. The molecule has 6 aromatic carbocycles. The molecule has 6 aromatic rings. The Morgan fingerprint density at radius 2 is 0.588 bits per heavy atom. The van der Waals surface area contributed by atoms with Gasteiger partial charge in [-0.3, -0.25) is 0 Å². The fraction of sp³-hybridized carbons (Fsp3) is 0.353. The molecule has 0 saturated carbocycles. The molecule has 0 amide bonds. The van der Waals surface area contributed by atoms with Gasteiger partial charge in [0.25, 0.3) is 0 Å². The third-order valence-electron chi connectivity index (χ3n) is 10.1. The zero-order valence-corrected chi connectivity index (χ0v) is 23.0. The topological polar surface area (TPSA) is 0 Å². The van der Waals surface area contributed by atoms with E-state index in [1.165, 1.54) is 121 Å². The average Bonchev–Trinajstić information content (AvgIpc) is 3.29. The van der Waals surface area contributed by atoms with Gasteiger partial charge < -0.3 is 0 Å². The first-order valence-electron chi connectivity index (χ1n) is 12.8. The van der Waals surface area contributed by atoms with Crippen LogP contribution in [0.4, 0.5) is 0 Å². The highest BCUT2D eigenvalue weighted by Crippen LogP contribution is 2.54. The molecule has 0 unspecified atom stereocenters. The molecule has 0 aromatic heterocycles. The molecule has 0 heteroatoms. The monoisotopic (exact) mass is 444 g/mol. The van der Waals surface area contributed by atoms with Crippen LogP contribution in [0, 0.1) is 83.1 Å². The van der Waals surface area contributed by atoms with Crippen LogP contribution in [0.2, 0.25) is 0 Å². The fourth-order valence-corrected chi connectivity index (χ4v) is 7.69. The lowest BCUT2D eigenvalue weighted by molar-refractivity contribution is 1.24. The van der Waals surface area contributed by atoms with Crippen molar-refractivity contribution >= 4 is 53.9 Å². The number of hydrogen-bond acceptors (Lipinski definition) is 0. The summed E-state index contributed by atoms with van der Waals surface area (Å²) in [4.78, 5) is 0. The molecule has 0 aliphatic carbocycles. The molecule has 0 atom stereocenters. The first-order valence-corrected chi connectivity index (χ1v) is 12.8. The Hall–Kier alpha value is -2.86. The zero-order valence-electron chi connectivity index (χ0n) is 23.0. The van der Waals surface area contributed by atoms with Gasteiger partial charge in [-0.15, -0.1) is 33.0 Å². The maximum Gasteiger partial charge on any atom is -0.0365 e. The van der Waals surface area contributed by atoms with Gasteiger partial charge in [0.1, 0.15) is 0 Å². The van der Waals surface area contributed by atoms with Gasteiger partial charge in [-0.1, -0.05) is 67.6 Å². The number of rotatable bonds is 0. The van der Waals surface area contributed by atoms with E-state index in [2.05, 4.69) is 83.1 Å². The Bertz CT molecular complexity index is 1760. The van der Waals surface area contributed by atoms with Crippen molar-refractivity contribution in [1.82, 2.24) is 0 Å². The van der Waals surface area contributed by atoms with Gasteiger partial charge in [0.2, 0.25) is 0 Å². The fourth-order valence-electron chi connectivity index (χ4n) is 7.69. The maximum absolute atomic E-state index is 2.39. The van der Waals surface area contributed by atoms with E-state index in [1.54, 1.807) is 0 Å². The number of benzene rings is 4. The van der Waals surface area contributed by atoms with E-state index in [1.807, 2.05) is 0 Å². The highest BCUT2D eigenvalue weighted by atomic mass is 14.3. The molecule has 0 aliphatic heterocycles. The van der Waals surface area contributed by atoms with Gasteiger partial charge in [-0.05, 0) is 70.5 Å². The van der Waals surface area contributed by atoms with Gasteiger partial charge in [0.05, 0.1) is 0 Å². The van der Waals surface area contributed by atoms with Crippen LogP contribution in [-0.2, 0) is 0 Å². The summed E-state index contributed by atoms with van der Waals surface area (Å²) in [6.45, 7) is 28.2. The molecule has 0 N–H and O–H groups in total. The van der Waals surface area contributed by atoms with Gasteiger partial charge >= 0.3 is 0 Å². The maximum atomic E-state index is 2.39. The first-order chi connectivity index (χ1) is 15.9. The van der Waals surface area contributed by atoms with Crippen molar-refractivity contribution in [3.05, 3.63) is 66.8 Å². The summed E-state index contributed by atoms with van der Waals surface area (Å²) in [6.07, 6.45) is 0. The molecular weight excluding hydrogens is 408 g/mol. The van der Waals surface area contributed by atoms with Crippen molar-refractivity contribution in [2.75, 3.05) is 0 Å². The second-order valence-corrected chi connectivity index (χ2v) is 11.2. The van der Waals surface area contributed by atoms with Gasteiger partial charge in [-0.25, -0.2) is 0 Å². The quantitative estimate of drug-likeness (QED) is 0.204. The van der Waals surface area contributed by atoms with Crippen LogP contribution in [0.1, 0.15) is 66.8 Å². The highest BCUT2D eigenvalue weighted by Gasteiger charge is 2.19. The molecule has 0 nitrogen and oxygen atoms in total. The molecule has 34 heavy (non-hydrogen) atoms. The molecule has 0 aliphatic rings.